The number of halogens is 1. The summed E-state index contributed by atoms with van der Waals surface area (Å²) in [6.07, 6.45) is 1.21. The lowest BCUT2D eigenvalue weighted by Crippen LogP contribution is -2.47. The predicted octanol–water partition coefficient (Wildman–Crippen LogP) is 2.29. The predicted molar refractivity (Wildman–Crippen MR) is 81.8 cm³/mol. The zero-order valence-corrected chi connectivity index (χ0v) is 12.9. The van der Waals surface area contributed by atoms with Gasteiger partial charge in [0.05, 0.1) is 6.61 Å². The first kappa shape index (κ1) is 14.9. The van der Waals surface area contributed by atoms with Gasteiger partial charge in [-0.15, -0.1) is 0 Å². The number of ether oxygens (including phenoxy) is 1. The molecule has 3 rings (SSSR count). The second kappa shape index (κ2) is 6.86. The Morgan fingerprint density at radius 3 is 2.67 bits per heavy atom. The summed E-state index contributed by atoms with van der Waals surface area (Å²) in [4.78, 5) is 4.98. The second-order valence-electron chi connectivity index (χ2n) is 6.38. The Bertz CT molecular complexity index is 466. The van der Waals surface area contributed by atoms with E-state index in [9.17, 15) is 4.39 Å². The van der Waals surface area contributed by atoms with Crippen molar-refractivity contribution in [1.82, 2.24) is 9.80 Å². The maximum absolute atomic E-state index is 13.4. The van der Waals surface area contributed by atoms with Crippen molar-refractivity contribution in [1.29, 1.82) is 0 Å². The molecule has 0 bridgehead atoms. The van der Waals surface area contributed by atoms with Crippen molar-refractivity contribution in [3.8, 4) is 0 Å². The molecule has 2 heterocycles. The van der Waals surface area contributed by atoms with E-state index in [2.05, 4.69) is 16.7 Å². The van der Waals surface area contributed by atoms with Crippen LogP contribution in [0, 0.1) is 18.7 Å². The molecule has 0 unspecified atom stereocenters. The molecule has 0 saturated carbocycles. The van der Waals surface area contributed by atoms with Crippen molar-refractivity contribution < 1.29 is 9.13 Å². The van der Waals surface area contributed by atoms with Crippen LogP contribution >= 0.6 is 0 Å². The molecule has 4 heteroatoms. The minimum Gasteiger partial charge on any atom is -0.381 e. The number of benzene rings is 1. The molecule has 0 aliphatic carbocycles. The van der Waals surface area contributed by atoms with E-state index in [1.807, 2.05) is 6.07 Å². The highest BCUT2D eigenvalue weighted by atomic mass is 19.1. The number of hydrogen-bond donors (Lipinski definition) is 0. The van der Waals surface area contributed by atoms with Crippen LogP contribution in [0.25, 0.3) is 0 Å². The highest BCUT2D eigenvalue weighted by molar-refractivity contribution is 5.26. The van der Waals surface area contributed by atoms with Crippen molar-refractivity contribution in [3.63, 3.8) is 0 Å². The SMILES string of the molecule is Cc1ccc(F)cc1CN1CCN(C[C@H]2CCOC2)CC1. The third-order valence-electron chi connectivity index (χ3n) is 4.71. The van der Waals surface area contributed by atoms with Gasteiger partial charge in [0.15, 0.2) is 0 Å². The lowest BCUT2D eigenvalue weighted by Gasteiger charge is -2.36. The maximum atomic E-state index is 13.4. The summed E-state index contributed by atoms with van der Waals surface area (Å²) in [5.41, 5.74) is 2.30. The van der Waals surface area contributed by atoms with Gasteiger partial charge in [-0.25, -0.2) is 4.39 Å². The van der Waals surface area contributed by atoms with Crippen LogP contribution in [0.3, 0.4) is 0 Å². The van der Waals surface area contributed by atoms with Crippen LogP contribution in [-0.2, 0) is 11.3 Å². The van der Waals surface area contributed by atoms with Crippen LogP contribution < -0.4 is 0 Å². The Kier molecular flexibility index (Phi) is 4.88. The lowest BCUT2D eigenvalue weighted by atomic mass is 10.1. The highest BCUT2D eigenvalue weighted by Crippen LogP contribution is 2.17. The molecule has 0 spiro atoms. The van der Waals surface area contributed by atoms with Gasteiger partial charge in [0.25, 0.3) is 0 Å². The van der Waals surface area contributed by atoms with Gasteiger partial charge in [0.1, 0.15) is 5.82 Å². The fraction of sp³-hybridized carbons (Fsp3) is 0.647. The largest absolute Gasteiger partial charge is 0.381 e. The van der Waals surface area contributed by atoms with Crippen LogP contribution in [0.2, 0.25) is 0 Å². The molecule has 0 radical (unpaired) electrons. The fourth-order valence-electron chi connectivity index (χ4n) is 3.27. The second-order valence-corrected chi connectivity index (χ2v) is 6.38. The monoisotopic (exact) mass is 292 g/mol. The van der Waals surface area contributed by atoms with E-state index < -0.39 is 0 Å². The summed E-state index contributed by atoms with van der Waals surface area (Å²) in [6, 6.07) is 5.10. The normalized spacial score (nSPS) is 24.6. The summed E-state index contributed by atoms with van der Waals surface area (Å²) >= 11 is 0. The molecule has 21 heavy (non-hydrogen) atoms. The van der Waals surface area contributed by atoms with E-state index >= 15 is 0 Å². The fourth-order valence-corrected chi connectivity index (χ4v) is 3.27. The first-order valence-electron chi connectivity index (χ1n) is 7.98. The van der Waals surface area contributed by atoms with Crippen molar-refractivity contribution in [3.05, 3.63) is 35.1 Å². The molecule has 0 aromatic heterocycles. The van der Waals surface area contributed by atoms with Crippen LogP contribution in [0.5, 0.6) is 0 Å². The van der Waals surface area contributed by atoms with Gasteiger partial charge >= 0.3 is 0 Å². The molecule has 2 aliphatic rings. The molecule has 0 N–H and O–H groups in total. The molecule has 1 atom stereocenters. The first-order valence-corrected chi connectivity index (χ1v) is 7.98. The molecular weight excluding hydrogens is 267 g/mol. The molecule has 2 saturated heterocycles. The first-order chi connectivity index (χ1) is 10.2. The van der Waals surface area contributed by atoms with Gasteiger partial charge in [-0.05, 0) is 42.5 Å². The minimum atomic E-state index is -0.129. The molecule has 0 amide bonds. The van der Waals surface area contributed by atoms with Crippen molar-refractivity contribution >= 4 is 0 Å². The Morgan fingerprint density at radius 1 is 1.19 bits per heavy atom. The van der Waals surface area contributed by atoms with E-state index in [0.717, 1.165) is 57.4 Å². The Labute approximate surface area is 126 Å². The number of piperazine rings is 1. The zero-order chi connectivity index (χ0) is 14.7. The zero-order valence-electron chi connectivity index (χ0n) is 12.9. The molecule has 1 aromatic carbocycles. The summed E-state index contributed by atoms with van der Waals surface area (Å²) in [5, 5.41) is 0. The smallest absolute Gasteiger partial charge is 0.123 e. The molecule has 2 aliphatic heterocycles. The quantitative estimate of drug-likeness (QED) is 0.847. The van der Waals surface area contributed by atoms with Crippen molar-refractivity contribution in [2.24, 2.45) is 5.92 Å². The number of aryl methyl sites for hydroxylation is 1. The molecule has 116 valence electrons. The van der Waals surface area contributed by atoms with E-state index in [4.69, 9.17) is 4.74 Å². The summed E-state index contributed by atoms with van der Waals surface area (Å²) in [6.45, 7) is 10.3. The van der Waals surface area contributed by atoms with Crippen molar-refractivity contribution in [2.45, 2.75) is 19.9 Å². The topological polar surface area (TPSA) is 15.7 Å². The van der Waals surface area contributed by atoms with Crippen LogP contribution in [-0.4, -0.2) is 55.7 Å². The summed E-state index contributed by atoms with van der Waals surface area (Å²) in [7, 11) is 0. The number of nitrogens with zero attached hydrogens (tertiary/aromatic N) is 2. The summed E-state index contributed by atoms with van der Waals surface area (Å²) < 4.78 is 18.8. The van der Waals surface area contributed by atoms with Crippen LogP contribution in [0.1, 0.15) is 17.5 Å². The lowest BCUT2D eigenvalue weighted by molar-refractivity contribution is 0.106. The Morgan fingerprint density at radius 2 is 1.95 bits per heavy atom. The number of hydrogen-bond acceptors (Lipinski definition) is 3. The van der Waals surface area contributed by atoms with Crippen LogP contribution in [0.15, 0.2) is 18.2 Å². The van der Waals surface area contributed by atoms with E-state index in [1.165, 1.54) is 18.5 Å². The summed E-state index contributed by atoms with van der Waals surface area (Å²) in [5.74, 6) is 0.595. The Hall–Kier alpha value is -0.970. The van der Waals surface area contributed by atoms with Gasteiger partial charge in [-0.2, -0.15) is 0 Å². The van der Waals surface area contributed by atoms with E-state index in [1.54, 1.807) is 12.1 Å². The van der Waals surface area contributed by atoms with Gasteiger partial charge < -0.3 is 9.64 Å². The Balaban J connectivity index is 1.48. The maximum Gasteiger partial charge on any atom is 0.123 e. The van der Waals surface area contributed by atoms with Crippen LogP contribution in [0.4, 0.5) is 4.39 Å². The van der Waals surface area contributed by atoms with Gasteiger partial charge in [0, 0.05) is 45.9 Å². The molecule has 3 nitrogen and oxygen atoms in total. The van der Waals surface area contributed by atoms with Gasteiger partial charge in [0.2, 0.25) is 0 Å². The molecule has 2 fully saturated rings. The van der Waals surface area contributed by atoms with Gasteiger partial charge in [-0.3, -0.25) is 4.90 Å². The molecular formula is C17H25FN2O. The third-order valence-corrected chi connectivity index (χ3v) is 4.71. The van der Waals surface area contributed by atoms with Gasteiger partial charge in [-0.1, -0.05) is 6.07 Å². The van der Waals surface area contributed by atoms with E-state index in [0.29, 0.717) is 0 Å². The minimum absolute atomic E-state index is 0.129. The standard InChI is InChI=1S/C17H25FN2O/c1-14-2-3-17(18)10-16(14)12-20-7-5-19(6-8-20)11-15-4-9-21-13-15/h2-3,10,15H,4-9,11-13H2,1H3/t15-/m1/s1. The number of rotatable bonds is 4. The average molecular weight is 292 g/mol. The highest BCUT2D eigenvalue weighted by Gasteiger charge is 2.22. The van der Waals surface area contributed by atoms with E-state index in [-0.39, 0.29) is 5.82 Å². The third kappa shape index (κ3) is 4.02. The van der Waals surface area contributed by atoms with Crippen molar-refractivity contribution in [2.75, 3.05) is 45.9 Å². The average Bonchev–Trinajstić information content (AvgIpc) is 2.98. The molecule has 1 aromatic rings.